The van der Waals surface area contributed by atoms with Crippen LogP contribution in [-0.4, -0.2) is 17.6 Å². The number of aryl methyl sites for hydroxylation is 2. The number of nitrogens with one attached hydrogen (secondary N) is 1. The van der Waals surface area contributed by atoms with Crippen LogP contribution in [0.15, 0.2) is 53.1 Å². The number of rotatable bonds is 5. The molecule has 2 heterocycles. The van der Waals surface area contributed by atoms with Crippen LogP contribution in [0.2, 0.25) is 0 Å². The molecule has 0 bridgehead atoms. The monoisotopic (exact) mass is 361 g/mol. The maximum atomic E-state index is 12.3. The van der Waals surface area contributed by atoms with Gasteiger partial charge in [-0.05, 0) is 62.6 Å². The fraction of sp³-hybridized carbons (Fsp3) is 0.273. The predicted octanol–water partition coefficient (Wildman–Crippen LogP) is 4.56. The van der Waals surface area contributed by atoms with E-state index in [0.29, 0.717) is 12.8 Å². The van der Waals surface area contributed by atoms with Crippen molar-refractivity contribution in [1.82, 2.24) is 5.16 Å². The average Bonchev–Trinajstić information content (AvgIpc) is 3.24. The van der Waals surface area contributed by atoms with E-state index in [0.717, 1.165) is 41.4 Å². The second-order valence-electron chi connectivity index (χ2n) is 6.93. The predicted molar refractivity (Wildman–Crippen MR) is 107 cm³/mol. The van der Waals surface area contributed by atoms with Crippen LogP contribution in [0, 0.1) is 13.8 Å². The van der Waals surface area contributed by atoms with Crippen molar-refractivity contribution in [3.8, 4) is 0 Å². The Kier molecular flexibility index (Phi) is 4.67. The summed E-state index contributed by atoms with van der Waals surface area (Å²) in [6.45, 7) is 4.77. The lowest BCUT2D eigenvalue weighted by molar-refractivity contribution is -0.116. The van der Waals surface area contributed by atoms with Crippen LogP contribution >= 0.6 is 0 Å². The molecule has 1 aromatic heterocycles. The molecule has 0 atom stereocenters. The first-order valence-corrected chi connectivity index (χ1v) is 9.29. The minimum Gasteiger partial charge on any atom is -0.361 e. The fourth-order valence-electron chi connectivity index (χ4n) is 3.65. The van der Waals surface area contributed by atoms with Gasteiger partial charge in [-0.25, -0.2) is 0 Å². The van der Waals surface area contributed by atoms with Gasteiger partial charge in [0.1, 0.15) is 5.76 Å². The normalized spacial score (nSPS) is 12.9. The Balaban J connectivity index is 1.38. The van der Waals surface area contributed by atoms with E-state index in [1.54, 1.807) is 0 Å². The van der Waals surface area contributed by atoms with Gasteiger partial charge in [0.25, 0.3) is 0 Å². The minimum absolute atomic E-state index is 0.00531. The van der Waals surface area contributed by atoms with Crippen molar-refractivity contribution in [2.75, 3.05) is 16.8 Å². The van der Waals surface area contributed by atoms with Gasteiger partial charge in [0.15, 0.2) is 0 Å². The first kappa shape index (κ1) is 17.3. The summed E-state index contributed by atoms with van der Waals surface area (Å²) in [7, 11) is 0. The lowest BCUT2D eigenvalue weighted by atomic mass is 10.1. The molecule has 27 heavy (non-hydrogen) atoms. The molecule has 1 amide bonds. The highest BCUT2D eigenvalue weighted by Gasteiger charge is 2.19. The summed E-state index contributed by atoms with van der Waals surface area (Å²) < 4.78 is 5.15. The van der Waals surface area contributed by atoms with Gasteiger partial charge >= 0.3 is 0 Å². The SMILES string of the molecule is Cc1noc(C)c1CCC(=O)Nc1ccc(N2CCc3ccccc32)cc1. The molecule has 0 saturated heterocycles. The number of para-hydroxylation sites is 1. The van der Waals surface area contributed by atoms with E-state index >= 15 is 0 Å². The van der Waals surface area contributed by atoms with Gasteiger partial charge in [0.05, 0.1) is 5.69 Å². The van der Waals surface area contributed by atoms with Crippen LogP contribution in [0.1, 0.15) is 29.0 Å². The molecule has 1 N–H and O–H groups in total. The second kappa shape index (κ2) is 7.27. The van der Waals surface area contributed by atoms with Crippen molar-refractivity contribution >= 4 is 23.0 Å². The number of amides is 1. The minimum atomic E-state index is -0.00531. The first-order chi connectivity index (χ1) is 13.1. The third-order valence-electron chi connectivity index (χ3n) is 5.13. The molecule has 5 heteroatoms. The number of nitrogens with zero attached hydrogens (tertiary/aromatic N) is 2. The van der Waals surface area contributed by atoms with Gasteiger partial charge in [-0.1, -0.05) is 23.4 Å². The van der Waals surface area contributed by atoms with E-state index < -0.39 is 0 Å². The maximum Gasteiger partial charge on any atom is 0.224 e. The van der Waals surface area contributed by atoms with Crippen molar-refractivity contribution in [2.45, 2.75) is 33.1 Å². The molecular formula is C22H23N3O2. The Bertz CT molecular complexity index is 940. The zero-order valence-corrected chi connectivity index (χ0v) is 15.7. The molecule has 1 aliphatic rings. The number of fused-ring (bicyclic) bond motifs is 1. The van der Waals surface area contributed by atoms with E-state index in [-0.39, 0.29) is 5.91 Å². The lowest BCUT2D eigenvalue weighted by Gasteiger charge is -2.20. The highest BCUT2D eigenvalue weighted by Crippen LogP contribution is 2.34. The summed E-state index contributed by atoms with van der Waals surface area (Å²) in [5, 5.41) is 6.90. The third kappa shape index (κ3) is 3.58. The largest absolute Gasteiger partial charge is 0.361 e. The molecule has 1 aliphatic heterocycles. The van der Waals surface area contributed by atoms with Gasteiger partial charge in [-0.3, -0.25) is 4.79 Å². The van der Waals surface area contributed by atoms with Crippen molar-refractivity contribution in [3.05, 3.63) is 71.1 Å². The van der Waals surface area contributed by atoms with Gasteiger partial charge < -0.3 is 14.7 Å². The molecule has 0 fully saturated rings. The standard InChI is InChI=1S/C22H23N3O2/c1-15-20(16(2)27-24-15)11-12-22(26)23-18-7-9-19(10-8-18)25-14-13-17-5-3-4-6-21(17)25/h3-10H,11-14H2,1-2H3,(H,23,26). The zero-order chi connectivity index (χ0) is 18.8. The number of aromatic nitrogens is 1. The van der Waals surface area contributed by atoms with Crippen molar-refractivity contribution in [1.29, 1.82) is 0 Å². The molecule has 5 nitrogen and oxygen atoms in total. The van der Waals surface area contributed by atoms with Gasteiger partial charge in [0.2, 0.25) is 5.91 Å². The Labute approximate surface area is 159 Å². The topological polar surface area (TPSA) is 58.4 Å². The third-order valence-corrected chi connectivity index (χ3v) is 5.13. The molecular weight excluding hydrogens is 338 g/mol. The molecule has 0 aliphatic carbocycles. The number of anilines is 3. The molecule has 0 saturated carbocycles. The molecule has 3 aromatic rings. The molecule has 138 valence electrons. The fourth-order valence-corrected chi connectivity index (χ4v) is 3.65. The number of carbonyl (C=O) groups excluding carboxylic acids is 1. The van der Waals surface area contributed by atoms with E-state index in [9.17, 15) is 4.79 Å². The summed E-state index contributed by atoms with van der Waals surface area (Å²) in [6.07, 6.45) is 2.11. The quantitative estimate of drug-likeness (QED) is 0.724. The lowest BCUT2D eigenvalue weighted by Crippen LogP contribution is -2.14. The van der Waals surface area contributed by atoms with Crippen molar-refractivity contribution in [3.63, 3.8) is 0 Å². The van der Waals surface area contributed by atoms with E-state index in [1.807, 2.05) is 26.0 Å². The van der Waals surface area contributed by atoms with Crippen molar-refractivity contribution in [2.24, 2.45) is 0 Å². The summed E-state index contributed by atoms with van der Waals surface area (Å²) >= 11 is 0. The van der Waals surface area contributed by atoms with Crippen LogP contribution in [0.3, 0.4) is 0 Å². The maximum absolute atomic E-state index is 12.3. The molecule has 0 radical (unpaired) electrons. The number of carbonyl (C=O) groups is 1. The highest BCUT2D eigenvalue weighted by atomic mass is 16.5. The molecule has 4 rings (SSSR count). The Morgan fingerprint density at radius 2 is 1.93 bits per heavy atom. The van der Waals surface area contributed by atoms with Crippen LogP contribution in [0.4, 0.5) is 17.1 Å². The summed E-state index contributed by atoms with van der Waals surface area (Å²) in [4.78, 5) is 14.6. The van der Waals surface area contributed by atoms with Crippen LogP contribution in [0.5, 0.6) is 0 Å². The molecule has 2 aromatic carbocycles. The molecule has 0 spiro atoms. The summed E-state index contributed by atoms with van der Waals surface area (Å²) in [6, 6.07) is 16.6. The first-order valence-electron chi connectivity index (χ1n) is 9.29. The average molecular weight is 361 g/mol. The summed E-state index contributed by atoms with van der Waals surface area (Å²) in [5.41, 5.74) is 6.50. The summed E-state index contributed by atoms with van der Waals surface area (Å²) in [5.74, 6) is 0.782. The Morgan fingerprint density at radius 1 is 1.15 bits per heavy atom. The van der Waals surface area contributed by atoms with Crippen LogP contribution in [0.25, 0.3) is 0 Å². The number of hydrogen-bond acceptors (Lipinski definition) is 4. The Morgan fingerprint density at radius 3 is 2.67 bits per heavy atom. The number of benzene rings is 2. The van der Waals surface area contributed by atoms with E-state index in [1.165, 1.54) is 11.3 Å². The van der Waals surface area contributed by atoms with Gasteiger partial charge in [-0.2, -0.15) is 0 Å². The second-order valence-corrected chi connectivity index (χ2v) is 6.93. The van der Waals surface area contributed by atoms with Crippen LogP contribution < -0.4 is 10.2 Å². The van der Waals surface area contributed by atoms with Crippen LogP contribution in [-0.2, 0) is 17.6 Å². The molecule has 0 unspecified atom stereocenters. The van der Waals surface area contributed by atoms with E-state index in [2.05, 4.69) is 51.8 Å². The number of hydrogen-bond donors (Lipinski definition) is 1. The smallest absolute Gasteiger partial charge is 0.224 e. The van der Waals surface area contributed by atoms with E-state index in [4.69, 9.17) is 4.52 Å². The van der Waals surface area contributed by atoms with Gasteiger partial charge in [0, 0.05) is 35.6 Å². The van der Waals surface area contributed by atoms with Gasteiger partial charge in [-0.15, -0.1) is 0 Å². The Hall–Kier alpha value is -3.08. The zero-order valence-electron chi connectivity index (χ0n) is 15.7. The highest BCUT2D eigenvalue weighted by molar-refractivity contribution is 5.91. The van der Waals surface area contributed by atoms with Crippen molar-refractivity contribution < 1.29 is 9.32 Å².